The number of anilines is 1. The van der Waals surface area contributed by atoms with Crippen LogP contribution in [-0.4, -0.2) is 43.7 Å². The van der Waals surface area contributed by atoms with Crippen molar-refractivity contribution in [2.45, 2.75) is 38.3 Å². The number of methoxy groups -OCH3 is 2. The van der Waals surface area contributed by atoms with E-state index in [1.54, 1.807) is 50.6 Å². The van der Waals surface area contributed by atoms with Crippen LogP contribution in [0.5, 0.6) is 11.5 Å². The van der Waals surface area contributed by atoms with Gasteiger partial charge in [0.15, 0.2) is 17.3 Å². The fourth-order valence-electron chi connectivity index (χ4n) is 7.79. The fraction of sp³-hybridized carbons (Fsp3) is 0.256. The van der Waals surface area contributed by atoms with Crippen molar-refractivity contribution >= 4 is 29.1 Å². The normalized spacial score (nSPS) is 20.7. The van der Waals surface area contributed by atoms with E-state index in [1.165, 1.54) is 0 Å². The second-order valence-corrected chi connectivity index (χ2v) is 12.5. The molecule has 45 heavy (non-hydrogen) atoms. The van der Waals surface area contributed by atoms with Crippen molar-refractivity contribution < 1.29 is 23.9 Å². The van der Waals surface area contributed by atoms with Crippen molar-refractivity contribution in [3.63, 3.8) is 0 Å². The molecule has 0 saturated carbocycles. The number of hydrogen-bond acceptors (Lipinski definition) is 6. The molecule has 1 fully saturated rings. The fourth-order valence-corrected chi connectivity index (χ4v) is 7.79. The molecule has 1 unspecified atom stereocenters. The van der Waals surface area contributed by atoms with Crippen LogP contribution in [0.1, 0.15) is 67.5 Å². The van der Waals surface area contributed by atoms with Gasteiger partial charge < -0.3 is 14.4 Å². The predicted octanol–water partition coefficient (Wildman–Crippen LogP) is 7.22. The third-order valence-corrected chi connectivity index (χ3v) is 9.64. The zero-order valence-corrected chi connectivity index (χ0v) is 25.8. The highest BCUT2D eigenvalue weighted by atomic mass is 16.5. The van der Waals surface area contributed by atoms with Crippen molar-refractivity contribution in [2.24, 2.45) is 11.3 Å². The molecule has 1 saturated heterocycles. The van der Waals surface area contributed by atoms with Gasteiger partial charge in [-0.2, -0.15) is 0 Å². The monoisotopic (exact) mass is 597 g/mol. The molecular formula is C39H35NO5. The van der Waals surface area contributed by atoms with E-state index in [4.69, 9.17) is 9.47 Å². The van der Waals surface area contributed by atoms with E-state index in [-0.39, 0.29) is 17.3 Å². The van der Waals surface area contributed by atoms with Gasteiger partial charge in [-0.25, -0.2) is 0 Å². The number of rotatable bonds is 7. The lowest BCUT2D eigenvalue weighted by Gasteiger charge is -2.37. The van der Waals surface area contributed by atoms with Crippen molar-refractivity contribution in [2.75, 3.05) is 19.1 Å². The Morgan fingerprint density at radius 2 is 1.51 bits per heavy atom. The molecule has 4 aromatic rings. The largest absolute Gasteiger partial charge is 0.497 e. The summed E-state index contributed by atoms with van der Waals surface area (Å²) in [7, 11) is 3.13. The number of ether oxygens (including phenoxy) is 2. The molecular weight excluding hydrogens is 562 g/mol. The third-order valence-electron chi connectivity index (χ3n) is 9.64. The number of carbonyl (C=O) groups is 3. The zero-order valence-electron chi connectivity index (χ0n) is 25.8. The molecule has 6 heteroatoms. The van der Waals surface area contributed by atoms with Crippen LogP contribution >= 0.6 is 0 Å². The van der Waals surface area contributed by atoms with Gasteiger partial charge >= 0.3 is 0 Å². The number of hydrogen-bond donors (Lipinski definition) is 0. The number of carbonyl (C=O) groups excluding carboxylic acids is 3. The van der Waals surface area contributed by atoms with Crippen molar-refractivity contribution in [3.05, 3.63) is 130 Å². The third kappa shape index (κ3) is 4.19. The summed E-state index contributed by atoms with van der Waals surface area (Å²) in [5, 5.41) is 0. The predicted molar refractivity (Wildman–Crippen MR) is 175 cm³/mol. The van der Waals surface area contributed by atoms with E-state index in [1.807, 2.05) is 71.6 Å². The molecule has 0 N–H and O–H groups in total. The van der Waals surface area contributed by atoms with Crippen molar-refractivity contribution in [1.29, 1.82) is 0 Å². The van der Waals surface area contributed by atoms with Crippen LogP contribution in [0, 0.1) is 11.3 Å². The summed E-state index contributed by atoms with van der Waals surface area (Å²) in [6.07, 6.45) is 4.80. The average molecular weight is 598 g/mol. The lowest BCUT2D eigenvalue weighted by atomic mass is 9.64. The second kappa shape index (κ2) is 10.9. The summed E-state index contributed by atoms with van der Waals surface area (Å²) in [5.74, 6) is -0.104. The summed E-state index contributed by atoms with van der Waals surface area (Å²) in [6.45, 7) is 4.33. The smallest absolute Gasteiger partial charge is 0.185 e. The van der Waals surface area contributed by atoms with Gasteiger partial charge in [-0.05, 0) is 47.7 Å². The molecule has 1 aliphatic carbocycles. The number of fused-ring (bicyclic) bond motifs is 5. The van der Waals surface area contributed by atoms with E-state index in [0.29, 0.717) is 39.7 Å². The lowest BCUT2D eigenvalue weighted by molar-refractivity contribution is 0.0664. The number of para-hydroxylation sites is 1. The first kappa shape index (κ1) is 28.8. The Bertz CT molecular complexity index is 1840. The first-order valence-electron chi connectivity index (χ1n) is 15.4. The Hall–Kier alpha value is -4.97. The van der Waals surface area contributed by atoms with Crippen molar-refractivity contribution in [3.8, 4) is 11.5 Å². The highest BCUT2D eigenvalue weighted by molar-refractivity contribution is 6.32. The van der Waals surface area contributed by atoms with Crippen LogP contribution in [-0.2, 0) is 6.42 Å². The summed E-state index contributed by atoms with van der Waals surface area (Å²) in [4.78, 5) is 46.9. The maximum atomic E-state index is 15.0. The Labute approximate surface area is 263 Å². The zero-order chi connectivity index (χ0) is 31.5. The molecule has 3 atom stereocenters. The Balaban J connectivity index is 1.52. The van der Waals surface area contributed by atoms with Gasteiger partial charge in [0.1, 0.15) is 23.0 Å². The summed E-state index contributed by atoms with van der Waals surface area (Å²) >= 11 is 0. The van der Waals surface area contributed by atoms with Gasteiger partial charge in [-0.1, -0.05) is 92.7 Å². The molecule has 0 aromatic heterocycles. The minimum Gasteiger partial charge on any atom is -0.497 e. The van der Waals surface area contributed by atoms with Crippen LogP contribution in [0.15, 0.2) is 97.1 Å². The van der Waals surface area contributed by atoms with Crippen molar-refractivity contribution in [1.82, 2.24) is 0 Å². The molecule has 0 radical (unpaired) electrons. The van der Waals surface area contributed by atoms with E-state index in [0.717, 1.165) is 23.2 Å². The van der Waals surface area contributed by atoms with Gasteiger partial charge in [0.2, 0.25) is 0 Å². The maximum absolute atomic E-state index is 15.0. The van der Waals surface area contributed by atoms with Gasteiger partial charge in [0, 0.05) is 33.9 Å². The standard InChI is InChI=1S/C39H35NO5/c1-23(2)21-24-13-15-26(16-14-24)36(41)35-34(30-22-27(44-3)18-19-32(30)45-4)39(37(42)28-10-6-7-11-29(28)38(39)43)33-20-17-25-9-5-8-12-31(25)40(33)35/h5-20,22-23,33-35H,21H2,1-4H3/t33?,34-,35+/m1/s1. The van der Waals surface area contributed by atoms with Crippen LogP contribution in [0.4, 0.5) is 5.69 Å². The summed E-state index contributed by atoms with van der Waals surface area (Å²) in [6, 6.07) is 26.3. The quantitative estimate of drug-likeness (QED) is 0.166. The first-order chi connectivity index (χ1) is 21.8. The van der Waals surface area contributed by atoms with Gasteiger partial charge in [0.05, 0.1) is 20.3 Å². The van der Waals surface area contributed by atoms with Crippen LogP contribution in [0.25, 0.3) is 6.08 Å². The highest BCUT2D eigenvalue weighted by Gasteiger charge is 2.72. The molecule has 0 bridgehead atoms. The molecule has 7 rings (SSSR count). The molecule has 2 heterocycles. The molecule has 6 nitrogen and oxygen atoms in total. The van der Waals surface area contributed by atoms with E-state index in [9.17, 15) is 9.59 Å². The minimum atomic E-state index is -1.62. The number of Topliss-reactive ketones (excluding diaryl/α,β-unsaturated/α-hetero) is 3. The van der Waals surface area contributed by atoms with Gasteiger partial charge in [-0.15, -0.1) is 0 Å². The highest BCUT2D eigenvalue weighted by Crippen LogP contribution is 2.62. The van der Waals surface area contributed by atoms with Crippen LogP contribution < -0.4 is 14.4 Å². The van der Waals surface area contributed by atoms with E-state index < -0.39 is 23.4 Å². The topological polar surface area (TPSA) is 72.9 Å². The van der Waals surface area contributed by atoms with E-state index >= 15 is 4.79 Å². The minimum absolute atomic E-state index is 0.162. The average Bonchev–Trinajstić information content (AvgIpc) is 3.50. The van der Waals surface area contributed by atoms with E-state index in [2.05, 4.69) is 13.8 Å². The van der Waals surface area contributed by atoms with Gasteiger partial charge in [-0.3, -0.25) is 14.4 Å². The summed E-state index contributed by atoms with van der Waals surface area (Å²) < 4.78 is 11.5. The van der Waals surface area contributed by atoms with Gasteiger partial charge in [0.25, 0.3) is 0 Å². The Morgan fingerprint density at radius 3 is 2.16 bits per heavy atom. The molecule has 3 aliphatic rings. The number of nitrogens with zero attached hydrogens (tertiary/aromatic N) is 1. The number of ketones is 3. The molecule has 4 aromatic carbocycles. The Morgan fingerprint density at radius 1 is 0.844 bits per heavy atom. The lowest BCUT2D eigenvalue weighted by Crippen LogP contribution is -2.48. The molecule has 226 valence electrons. The Kier molecular flexibility index (Phi) is 6.96. The second-order valence-electron chi connectivity index (χ2n) is 12.5. The van der Waals surface area contributed by atoms with Crippen LogP contribution in [0.3, 0.4) is 0 Å². The first-order valence-corrected chi connectivity index (χ1v) is 15.4. The summed E-state index contributed by atoms with van der Waals surface area (Å²) in [5.41, 5.74) is 3.13. The number of benzene rings is 4. The van der Waals surface area contributed by atoms with Crippen LogP contribution in [0.2, 0.25) is 0 Å². The SMILES string of the molecule is COc1ccc(OC)c([C@@H]2[C@@H](C(=O)c3ccc(CC(C)C)cc3)N3c4ccccc4C=CC3C23C(=O)c2ccccc2C3=O)c1. The molecule has 0 amide bonds. The maximum Gasteiger partial charge on any atom is 0.185 e. The molecule has 2 aliphatic heterocycles. The molecule has 1 spiro atoms.